The number of hydrogen-bond donors (Lipinski definition) is 0. The van der Waals surface area contributed by atoms with Crippen LogP contribution in [0.15, 0.2) is 0 Å². The predicted molar refractivity (Wildman–Crippen MR) is 90.4 cm³/mol. The molecule has 0 aromatic carbocycles. The van der Waals surface area contributed by atoms with Crippen LogP contribution in [0.2, 0.25) is 25.2 Å². The third-order valence-electron chi connectivity index (χ3n) is 3.87. The first-order valence-corrected chi connectivity index (χ1v) is 13.8. The van der Waals surface area contributed by atoms with Crippen molar-refractivity contribution in [2.45, 2.75) is 103 Å². The van der Waals surface area contributed by atoms with Crippen molar-refractivity contribution < 1.29 is 0 Å². The van der Waals surface area contributed by atoms with E-state index in [0.717, 1.165) is 0 Å². The lowest BCUT2D eigenvalue weighted by Gasteiger charge is -2.17. The van der Waals surface area contributed by atoms with E-state index in [9.17, 15) is 0 Å². The van der Waals surface area contributed by atoms with Crippen LogP contribution in [0.5, 0.6) is 0 Å². The second-order valence-corrected chi connectivity index (χ2v) is 15.3. The van der Waals surface area contributed by atoms with Crippen molar-refractivity contribution in [1.29, 1.82) is 0 Å². The Bertz CT molecular complexity index is 143. The van der Waals surface area contributed by atoms with Gasteiger partial charge in [-0.25, -0.2) is 0 Å². The molecular formula is C16H36Si2. The van der Waals surface area contributed by atoms with Crippen molar-refractivity contribution in [3.05, 3.63) is 0 Å². The van der Waals surface area contributed by atoms with Crippen LogP contribution in [0.1, 0.15) is 78.1 Å². The molecule has 0 rings (SSSR count). The van der Waals surface area contributed by atoms with Crippen molar-refractivity contribution in [1.82, 2.24) is 0 Å². The van der Waals surface area contributed by atoms with Gasteiger partial charge in [-0.15, -0.1) is 0 Å². The monoisotopic (exact) mass is 284 g/mol. The zero-order valence-corrected chi connectivity index (χ0v) is 15.5. The molecule has 0 unspecified atom stereocenters. The Morgan fingerprint density at radius 3 is 1.28 bits per heavy atom. The van der Waals surface area contributed by atoms with E-state index in [1.165, 1.54) is 51.4 Å². The van der Waals surface area contributed by atoms with E-state index in [2.05, 4.69) is 26.9 Å². The molecule has 0 spiro atoms. The molecule has 0 bridgehead atoms. The molecule has 0 aromatic rings. The van der Waals surface area contributed by atoms with Crippen LogP contribution >= 0.6 is 0 Å². The first kappa shape index (κ1) is 18.4. The van der Waals surface area contributed by atoms with Crippen LogP contribution in [0.25, 0.3) is 0 Å². The first-order valence-electron chi connectivity index (χ1n) is 8.37. The molecule has 0 amide bonds. The summed E-state index contributed by atoms with van der Waals surface area (Å²) in [6, 6.07) is 3.26. The fourth-order valence-corrected chi connectivity index (χ4v) is 9.17. The molecular weight excluding hydrogens is 248 g/mol. The quantitative estimate of drug-likeness (QED) is 0.277. The Balaban J connectivity index is 3.53. The second-order valence-electron chi connectivity index (χ2n) is 5.93. The van der Waals surface area contributed by atoms with Gasteiger partial charge in [0.15, 0.2) is 0 Å². The minimum atomic E-state index is 0.0438. The van der Waals surface area contributed by atoms with E-state index < -0.39 is 0 Å². The Hall–Kier alpha value is 0.434. The second kappa shape index (κ2) is 13.9. The van der Waals surface area contributed by atoms with E-state index in [4.69, 9.17) is 0 Å². The van der Waals surface area contributed by atoms with E-state index in [-0.39, 0.29) is 16.6 Å². The lowest BCUT2D eigenvalue weighted by molar-refractivity contribution is 0.646. The van der Waals surface area contributed by atoms with Crippen LogP contribution < -0.4 is 0 Å². The summed E-state index contributed by atoms with van der Waals surface area (Å²) in [5, 5.41) is 0. The highest BCUT2D eigenvalue weighted by Crippen LogP contribution is 2.16. The highest BCUT2D eigenvalue weighted by molar-refractivity contribution is 7.21. The minimum absolute atomic E-state index is 0.0438. The normalized spacial score (nSPS) is 11.7. The Morgan fingerprint density at radius 1 is 0.556 bits per heavy atom. The summed E-state index contributed by atoms with van der Waals surface area (Å²) in [5.74, 6) is 0. The molecule has 0 fully saturated rings. The molecule has 108 valence electrons. The molecule has 0 N–H and O–H groups in total. The smallest absolute Gasteiger partial charge is 0.0372 e. The molecule has 0 saturated carbocycles. The van der Waals surface area contributed by atoms with E-state index >= 15 is 0 Å². The van der Waals surface area contributed by atoms with Gasteiger partial charge >= 0.3 is 0 Å². The Labute approximate surface area is 120 Å². The van der Waals surface area contributed by atoms with Gasteiger partial charge in [-0.05, 0) is 0 Å². The van der Waals surface area contributed by atoms with Crippen molar-refractivity contribution in [2.24, 2.45) is 0 Å². The van der Waals surface area contributed by atoms with Gasteiger partial charge < -0.3 is 0 Å². The standard InChI is InChI=1S/C16H36Si2/c1-5-7-9-11-13-15-18(17(3)4)16-14-12-10-8-6-2/h5-16H2,1-4H3. The molecule has 0 aliphatic heterocycles. The maximum Gasteiger partial charge on any atom is 0.0372 e. The maximum absolute atomic E-state index is 2.57. The van der Waals surface area contributed by atoms with Gasteiger partial charge in [0.1, 0.15) is 0 Å². The summed E-state index contributed by atoms with van der Waals surface area (Å²) in [6.07, 6.45) is 14.7. The van der Waals surface area contributed by atoms with Crippen LogP contribution in [-0.2, 0) is 0 Å². The summed E-state index contributed by atoms with van der Waals surface area (Å²) in [7, 11) is 0.110. The minimum Gasteiger partial charge on any atom is -0.0735 e. The molecule has 0 heterocycles. The molecule has 0 saturated heterocycles. The van der Waals surface area contributed by atoms with Crippen molar-refractivity contribution >= 4 is 16.6 Å². The van der Waals surface area contributed by atoms with Gasteiger partial charge in [0.05, 0.1) is 0 Å². The zero-order valence-electron chi connectivity index (χ0n) is 13.5. The fraction of sp³-hybridized carbons (Fsp3) is 1.00. The summed E-state index contributed by atoms with van der Waals surface area (Å²) in [5.41, 5.74) is 0. The van der Waals surface area contributed by atoms with E-state index in [1.807, 2.05) is 0 Å². The lowest BCUT2D eigenvalue weighted by atomic mass is 10.2. The van der Waals surface area contributed by atoms with Gasteiger partial charge in [-0.1, -0.05) is 103 Å². The van der Waals surface area contributed by atoms with Gasteiger partial charge in [-0.2, -0.15) is 0 Å². The van der Waals surface area contributed by atoms with Crippen molar-refractivity contribution in [2.75, 3.05) is 0 Å². The van der Waals surface area contributed by atoms with E-state index in [1.54, 1.807) is 24.9 Å². The number of rotatable bonds is 13. The molecule has 0 aliphatic carbocycles. The first-order chi connectivity index (χ1) is 8.72. The fourth-order valence-electron chi connectivity index (χ4n) is 2.51. The summed E-state index contributed by atoms with van der Waals surface area (Å²) >= 11 is 0. The molecule has 2 radical (unpaired) electrons. The molecule has 0 aliphatic rings. The molecule has 0 nitrogen and oxygen atoms in total. The molecule has 0 atom stereocenters. The average molecular weight is 285 g/mol. The zero-order chi connectivity index (χ0) is 13.6. The topological polar surface area (TPSA) is 0 Å². The van der Waals surface area contributed by atoms with Crippen LogP contribution in [0, 0.1) is 0 Å². The largest absolute Gasteiger partial charge is 0.0735 e. The summed E-state index contributed by atoms with van der Waals surface area (Å²) < 4.78 is 0. The highest BCUT2D eigenvalue weighted by atomic mass is 29.2. The highest BCUT2D eigenvalue weighted by Gasteiger charge is 2.15. The summed E-state index contributed by atoms with van der Waals surface area (Å²) in [6.45, 7) is 9.75. The maximum atomic E-state index is 2.57. The molecule has 18 heavy (non-hydrogen) atoms. The van der Waals surface area contributed by atoms with Gasteiger partial charge in [0.2, 0.25) is 0 Å². The van der Waals surface area contributed by atoms with Gasteiger partial charge in [-0.3, -0.25) is 0 Å². The molecule has 0 aromatic heterocycles. The Kier molecular flexibility index (Phi) is 14.2. The predicted octanol–water partition coefficient (Wildman–Crippen LogP) is 6.25. The third-order valence-corrected chi connectivity index (χ3v) is 12.9. The van der Waals surface area contributed by atoms with Crippen LogP contribution in [-0.4, -0.2) is 16.6 Å². The van der Waals surface area contributed by atoms with Gasteiger partial charge in [0.25, 0.3) is 0 Å². The SMILES string of the molecule is CCCCCCC[Si](CCCCCCC)[Si](C)C. The van der Waals surface area contributed by atoms with Crippen molar-refractivity contribution in [3.63, 3.8) is 0 Å². The number of hydrogen-bond acceptors (Lipinski definition) is 0. The van der Waals surface area contributed by atoms with Gasteiger partial charge in [0, 0.05) is 16.6 Å². The third kappa shape index (κ3) is 11.5. The average Bonchev–Trinajstić information content (AvgIpc) is 2.35. The van der Waals surface area contributed by atoms with E-state index in [0.29, 0.717) is 0 Å². The summed E-state index contributed by atoms with van der Waals surface area (Å²) in [4.78, 5) is 0. The van der Waals surface area contributed by atoms with Crippen molar-refractivity contribution in [3.8, 4) is 0 Å². The lowest BCUT2D eigenvalue weighted by Crippen LogP contribution is -2.29. The number of unbranched alkanes of at least 4 members (excludes halogenated alkanes) is 8. The molecule has 2 heteroatoms. The van der Waals surface area contributed by atoms with Crippen LogP contribution in [0.4, 0.5) is 0 Å². The van der Waals surface area contributed by atoms with Crippen LogP contribution in [0.3, 0.4) is 0 Å². The Morgan fingerprint density at radius 2 is 0.944 bits per heavy atom.